The number of rotatable bonds is 63. The van der Waals surface area contributed by atoms with E-state index in [4.69, 9.17) is 24.3 Å². The van der Waals surface area contributed by atoms with Crippen LogP contribution >= 0.6 is 7.82 Å². The molecule has 0 fully saturated rings. The van der Waals surface area contributed by atoms with E-state index in [1.807, 2.05) is 0 Å². The second-order valence-electron chi connectivity index (χ2n) is 22.3. The van der Waals surface area contributed by atoms with Crippen LogP contribution in [0.4, 0.5) is 0 Å². The van der Waals surface area contributed by atoms with Crippen LogP contribution < -0.4 is 5.73 Å². The van der Waals surface area contributed by atoms with Crippen LogP contribution in [0.5, 0.6) is 0 Å². The molecule has 0 spiro atoms. The van der Waals surface area contributed by atoms with E-state index in [2.05, 4.69) is 26.0 Å². The lowest BCUT2D eigenvalue weighted by atomic mass is 10.0. The van der Waals surface area contributed by atoms with Crippen molar-refractivity contribution in [1.82, 2.24) is 0 Å². The maximum Gasteiger partial charge on any atom is 0.472 e. The first kappa shape index (κ1) is 72.8. The molecule has 3 N–H and O–H groups in total. The Morgan fingerprint density at radius 2 is 0.662 bits per heavy atom. The van der Waals surface area contributed by atoms with Gasteiger partial charge < -0.3 is 20.1 Å². The molecule has 0 aliphatic heterocycles. The minimum atomic E-state index is -4.38. The number of ether oxygens (including phenoxy) is 2. The molecule has 0 aliphatic carbocycles. The largest absolute Gasteiger partial charge is 0.472 e. The molecule has 0 saturated heterocycles. The van der Waals surface area contributed by atoms with Crippen LogP contribution in [-0.2, 0) is 32.7 Å². The first-order valence-electron chi connectivity index (χ1n) is 32.7. The predicted molar refractivity (Wildman–Crippen MR) is 317 cm³/mol. The molecule has 0 heterocycles. The molecular formula is C64H126NO8P. The Bertz CT molecular complexity index is 1220. The van der Waals surface area contributed by atoms with Crippen molar-refractivity contribution in [3.8, 4) is 0 Å². The van der Waals surface area contributed by atoms with Crippen molar-refractivity contribution in [1.29, 1.82) is 0 Å². The van der Waals surface area contributed by atoms with Gasteiger partial charge in [-0.1, -0.05) is 315 Å². The Hall–Kier alpha value is -1.25. The summed E-state index contributed by atoms with van der Waals surface area (Å²) in [6.45, 7) is 3.78. The van der Waals surface area contributed by atoms with Crippen LogP contribution in [0.25, 0.3) is 0 Å². The van der Waals surface area contributed by atoms with Crippen molar-refractivity contribution >= 4 is 19.8 Å². The third-order valence-corrected chi connectivity index (χ3v) is 15.9. The van der Waals surface area contributed by atoms with Gasteiger partial charge in [0.1, 0.15) is 6.61 Å². The summed E-state index contributed by atoms with van der Waals surface area (Å²) >= 11 is 0. The smallest absolute Gasteiger partial charge is 0.462 e. The van der Waals surface area contributed by atoms with E-state index in [1.165, 1.54) is 270 Å². The lowest BCUT2D eigenvalue weighted by Crippen LogP contribution is -2.29. The first-order valence-corrected chi connectivity index (χ1v) is 34.2. The average Bonchev–Trinajstić information content (AvgIpc) is 3.39. The lowest BCUT2D eigenvalue weighted by Gasteiger charge is -2.19. The molecule has 0 bridgehead atoms. The van der Waals surface area contributed by atoms with E-state index in [-0.39, 0.29) is 38.6 Å². The van der Waals surface area contributed by atoms with Crippen LogP contribution in [0.3, 0.4) is 0 Å². The summed E-state index contributed by atoms with van der Waals surface area (Å²) in [6, 6.07) is 0. The molecule has 10 heteroatoms. The van der Waals surface area contributed by atoms with Gasteiger partial charge in [0.2, 0.25) is 0 Å². The number of phosphoric ester groups is 1. The van der Waals surface area contributed by atoms with Gasteiger partial charge in [0.15, 0.2) is 6.10 Å². The minimum absolute atomic E-state index is 0.0552. The van der Waals surface area contributed by atoms with Crippen LogP contribution in [0.2, 0.25) is 0 Å². The number of nitrogens with two attached hydrogens (primary N) is 1. The summed E-state index contributed by atoms with van der Waals surface area (Å²) < 4.78 is 33.0. The van der Waals surface area contributed by atoms with Crippen molar-refractivity contribution in [2.45, 2.75) is 360 Å². The monoisotopic (exact) mass is 1070 g/mol. The molecule has 0 aromatic heterocycles. The molecular weight excluding hydrogens is 942 g/mol. The highest BCUT2D eigenvalue weighted by atomic mass is 31.2. The molecule has 0 saturated carbocycles. The fraction of sp³-hybridized carbons (Fsp3) is 0.938. The van der Waals surface area contributed by atoms with Gasteiger partial charge in [0.05, 0.1) is 13.2 Å². The van der Waals surface area contributed by atoms with Gasteiger partial charge in [-0.05, 0) is 38.5 Å². The molecule has 0 amide bonds. The SMILES string of the molecule is CCCCCCC/C=C\CCCCCCCC(=O)OC(COC(=O)CCCCCCCCCCCCCCCCCCCCCCCCCCCCCCCCCCCCCCCCC)COP(=O)(O)OCCN. The summed E-state index contributed by atoms with van der Waals surface area (Å²) in [4.78, 5) is 35.1. The fourth-order valence-corrected chi connectivity index (χ4v) is 10.8. The minimum Gasteiger partial charge on any atom is -0.462 e. The van der Waals surface area contributed by atoms with E-state index in [9.17, 15) is 19.0 Å². The molecule has 0 aromatic rings. The third-order valence-electron chi connectivity index (χ3n) is 14.9. The molecule has 2 atom stereocenters. The zero-order valence-corrected chi connectivity index (χ0v) is 50.3. The zero-order valence-electron chi connectivity index (χ0n) is 49.4. The van der Waals surface area contributed by atoms with E-state index in [0.29, 0.717) is 6.42 Å². The second kappa shape index (κ2) is 61.0. The predicted octanol–water partition coefficient (Wildman–Crippen LogP) is 20.8. The quantitative estimate of drug-likeness (QED) is 0.0264. The number of phosphoric acid groups is 1. The van der Waals surface area contributed by atoms with Gasteiger partial charge in [-0.15, -0.1) is 0 Å². The molecule has 0 aromatic carbocycles. The topological polar surface area (TPSA) is 134 Å². The Morgan fingerprint density at radius 1 is 0.392 bits per heavy atom. The Morgan fingerprint density at radius 3 is 0.959 bits per heavy atom. The van der Waals surface area contributed by atoms with Gasteiger partial charge in [-0.25, -0.2) is 4.57 Å². The molecule has 0 radical (unpaired) electrons. The number of esters is 2. The number of hydrogen-bond acceptors (Lipinski definition) is 8. The Kier molecular flexibility index (Phi) is 59.9. The van der Waals surface area contributed by atoms with Crippen molar-refractivity contribution in [3.05, 3.63) is 12.2 Å². The summed E-state index contributed by atoms with van der Waals surface area (Å²) in [5.41, 5.74) is 5.38. The average molecular weight is 1070 g/mol. The molecule has 0 rings (SSSR count). The van der Waals surface area contributed by atoms with Gasteiger partial charge in [-0.3, -0.25) is 18.6 Å². The highest BCUT2D eigenvalue weighted by molar-refractivity contribution is 7.47. The summed E-state index contributed by atoms with van der Waals surface area (Å²) in [7, 11) is -4.38. The Labute approximate surface area is 460 Å². The number of carbonyl (C=O) groups excluding carboxylic acids is 2. The summed E-state index contributed by atoms with van der Waals surface area (Å²) in [5, 5.41) is 0. The van der Waals surface area contributed by atoms with Crippen LogP contribution in [0.15, 0.2) is 12.2 Å². The fourth-order valence-electron chi connectivity index (χ4n) is 10.0. The van der Waals surface area contributed by atoms with Crippen molar-refractivity contribution in [2.24, 2.45) is 5.73 Å². The van der Waals surface area contributed by atoms with Crippen LogP contribution in [-0.4, -0.2) is 49.3 Å². The zero-order chi connectivity index (χ0) is 53.8. The molecule has 9 nitrogen and oxygen atoms in total. The van der Waals surface area contributed by atoms with Crippen molar-refractivity contribution in [2.75, 3.05) is 26.4 Å². The summed E-state index contributed by atoms with van der Waals surface area (Å²) in [5.74, 6) is -0.819. The number of unbranched alkanes of at least 4 members (excludes halogenated alkanes) is 48. The van der Waals surface area contributed by atoms with Gasteiger partial charge in [-0.2, -0.15) is 0 Å². The highest BCUT2D eigenvalue weighted by Gasteiger charge is 2.26. The molecule has 74 heavy (non-hydrogen) atoms. The highest BCUT2D eigenvalue weighted by Crippen LogP contribution is 2.43. The van der Waals surface area contributed by atoms with Crippen LogP contribution in [0.1, 0.15) is 354 Å². The number of carbonyl (C=O) groups is 2. The first-order chi connectivity index (χ1) is 36.3. The number of allylic oxidation sites excluding steroid dienone is 2. The van der Waals surface area contributed by atoms with Gasteiger partial charge >= 0.3 is 19.8 Å². The maximum atomic E-state index is 12.6. The Balaban J connectivity index is 3.68. The van der Waals surface area contributed by atoms with E-state index in [1.54, 1.807) is 0 Å². The number of hydrogen-bond donors (Lipinski definition) is 2. The molecule has 0 aliphatic rings. The maximum absolute atomic E-state index is 12.6. The van der Waals surface area contributed by atoms with E-state index >= 15 is 0 Å². The molecule has 440 valence electrons. The standard InChI is InChI=1S/C64H126NO8P/c1-3-5-7-9-11-13-15-17-19-20-21-22-23-24-25-26-27-28-29-30-31-32-33-34-35-36-37-38-39-40-41-42-43-45-46-48-50-52-54-56-63(66)70-60-62(61-72-74(68,69)71-59-58-65)73-64(67)57-55-53-51-49-47-44-18-16-14-12-10-8-6-4-2/h16,18,62H,3-15,17,19-61,65H2,1-2H3,(H,68,69)/b18-16-. The second-order valence-corrected chi connectivity index (χ2v) is 23.8. The van der Waals surface area contributed by atoms with Gasteiger partial charge in [0, 0.05) is 19.4 Å². The van der Waals surface area contributed by atoms with E-state index < -0.39 is 26.5 Å². The lowest BCUT2D eigenvalue weighted by molar-refractivity contribution is -0.161. The normalized spacial score (nSPS) is 13.0. The van der Waals surface area contributed by atoms with E-state index in [0.717, 1.165) is 51.4 Å². The van der Waals surface area contributed by atoms with Crippen molar-refractivity contribution < 1.29 is 37.6 Å². The summed E-state index contributed by atoms with van der Waals surface area (Å²) in [6.07, 6.45) is 71.9. The van der Waals surface area contributed by atoms with Crippen molar-refractivity contribution in [3.63, 3.8) is 0 Å². The van der Waals surface area contributed by atoms with Crippen LogP contribution in [0, 0.1) is 0 Å². The van der Waals surface area contributed by atoms with Gasteiger partial charge in [0.25, 0.3) is 0 Å². The molecule has 2 unspecified atom stereocenters. The third kappa shape index (κ3) is 60.0.